The number of benzene rings is 1. The molecule has 0 bridgehead atoms. The minimum Gasteiger partial charge on any atom is -0.462 e. The van der Waals surface area contributed by atoms with Gasteiger partial charge >= 0.3 is 0 Å². The summed E-state index contributed by atoms with van der Waals surface area (Å²) in [6.45, 7) is 3.80. The van der Waals surface area contributed by atoms with E-state index in [-0.39, 0.29) is 0 Å². The summed E-state index contributed by atoms with van der Waals surface area (Å²) in [6, 6.07) is 7.39. The Morgan fingerprint density at radius 3 is 2.23 bits per heavy atom. The van der Waals surface area contributed by atoms with E-state index in [9.17, 15) is 15.3 Å². The molecule has 1 saturated heterocycles. The minimum atomic E-state index is -1.43. The van der Waals surface area contributed by atoms with Crippen molar-refractivity contribution in [1.29, 1.82) is 0 Å². The van der Waals surface area contributed by atoms with Crippen LogP contribution in [0, 0.1) is 5.92 Å². The van der Waals surface area contributed by atoms with E-state index in [2.05, 4.69) is 13.8 Å². The molecule has 0 aromatic heterocycles. The largest absolute Gasteiger partial charge is 0.462 e. The molecule has 2 rings (SSSR count). The first-order valence-corrected chi connectivity index (χ1v) is 7.48. The fourth-order valence-corrected chi connectivity index (χ4v) is 2.47. The van der Waals surface area contributed by atoms with Crippen LogP contribution in [0.3, 0.4) is 0 Å². The molecular formula is C16H24O6. The summed E-state index contributed by atoms with van der Waals surface area (Å²) < 4.78 is 10.8. The Morgan fingerprint density at radius 2 is 1.68 bits per heavy atom. The highest BCUT2D eigenvalue weighted by molar-refractivity contribution is 5.27. The van der Waals surface area contributed by atoms with Crippen molar-refractivity contribution in [2.24, 2.45) is 5.92 Å². The van der Waals surface area contributed by atoms with Crippen LogP contribution in [0.4, 0.5) is 0 Å². The number of aliphatic hydroxyl groups is 4. The second-order valence-electron chi connectivity index (χ2n) is 6.06. The topological polar surface area (TPSA) is 99.4 Å². The summed E-state index contributed by atoms with van der Waals surface area (Å²) in [4.78, 5) is 0. The van der Waals surface area contributed by atoms with Crippen LogP contribution in [0.5, 0.6) is 5.75 Å². The molecule has 0 spiro atoms. The molecule has 0 saturated carbocycles. The van der Waals surface area contributed by atoms with E-state index in [0.29, 0.717) is 11.7 Å². The van der Waals surface area contributed by atoms with Gasteiger partial charge in [0, 0.05) is 0 Å². The standard InChI is InChI=1S/C16H24O6/c1-9(2)7-10-3-5-11(6-4-10)21-16-15(20)14(19)13(18)12(8-17)22-16/h3-6,9,12-20H,7-8H2,1-2H3/t12-,13+,14+,15-,16-/m1/s1. The SMILES string of the molecule is CC(C)Cc1ccc(O[C@@H]2O[C@H](CO)[C@H](O)[C@H](O)[C@H]2O)cc1. The molecule has 22 heavy (non-hydrogen) atoms. The molecule has 1 aromatic carbocycles. The van der Waals surface area contributed by atoms with E-state index in [1.165, 1.54) is 5.56 Å². The molecule has 1 aliphatic rings. The number of hydrogen-bond donors (Lipinski definition) is 4. The van der Waals surface area contributed by atoms with Crippen molar-refractivity contribution in [3.05, 3.63) is 29.8 Å². The van der Waals surface area contributed by atoms with Crippen LogP contribution in [0.25, 0.3) is 0 Å². The lowest BCUT2D eigenvalue weighted by atomic mass is 9.99. The van der Waals surface area contributed by atoms with Gasteiger partial charge in [-0.2, -0.15) is 0 Å². The molecule has 6 heteroatoms. The predicted octanol–water partition coefficient (Wildman–Crippen LogP) is 0.0638. The van der Waals surface area contributed by atoms with Gasteiger partial charge in [-0.05, 0) is 30.0 Å². The molecule has 0 unspecified atom stereocenters. The van der Waals surface area contributed by atoms with E-state index >= 15 is 0 Å². The van der Waals surface area contributed by atoms with Gasteiger partial charge in [0.25, 0.3) is 0 Å². The number of ether oxygens (including phenoxy) is 2. The Bertz CT molecular complexity index is 458. The maximum Gasteiger partial charge on any atom is 0.229 e. The third kappa shape index (κ3) is 3.97. The van der Waals surface area contributed by atoms with E-state index in [4.69, 9.17) is 14.6 Å². The zero-order valence-corrected chi connectivity index (χ0v) is 12.8. The second kappa shape index (κ2) is 7.39. The zero-order chi connectivity index (χ0) is 16.3. The molecule has 0 aliphatic carbocycles. The van der Waals surface area contributed by atoms with Crippen LogP contribution >= 0.6 is 0 Å². The van der Waals surface area contributed by atoms with Crippen LogP contribution in [0.1, 0.15) is 19.4 Å². The van der Waals surface area contributed by atoms with Crippen molar-refractivity contribution in [3.63, 3.8) is 0 Å². The van der Waals surface area contributed by atoms with Crippen molar-refractivity contribution in [1.82, 2.24) is 0 Å². The van der Waals surface area contributed by atoms with E-state index in [0.717, 1.165) is 6.42 Å². The highest BCUT2D eigenvalue weighted by Gasteiger charge is 2.44. The van der Waals surface area contributed by atoms with E-state index in [1.807, 2.05) is 12.1 Å². The molecule has 6 nitrogen and oxygen atoms in total. The van der Waals surface area contributed by atoms with Crippen LogP contribution in [-0.4, -0.2) is 57.7 Å². The van der Waals surface area contributed by atoms with Gasteiger partial charge in [0.1, 0.15) is 30.2 Å². The van der Waals surface area contributed by atoms with Crippen LogP contribution in [0.2, 0.25) is 0 Å². The average molecular weight is 312 g/mol. The van der Waals surface area contributed by atoms with Gasteiger partial charge in [0.05, 0.1) is 6.61 Å². The van der Waals surface area contributed by atoms with Crippen LogP contribution in [-0.2, 0) is 11.2 Å². The quantitative estimate of drug-likeness (QED) is 0.614. The summed E-state index contributed by atoms with van der Waals surface area (Å²) >= 11 is 0. The molecule has 1 aliphatic heterocycles. The lowest BCUT2D eigenvalue weighted by molar-refractivity contribution is -0.277. The van der Waals surface area contributed by atoms with Crippen molar-refractivity contribution in [2.45, 2.75) is 51.0 Å². The third-order valence-electron chi connectivity index (χ3n) is 3.67. The molecule has 1 heterocycles. The molecule has 124 valence electrons. The Labute approximate surface area is 129 Å². The molecule has 0 amide bonds. The van der Waals surface area contributed by atoms with Gasteiger partial charge in [0.15, 0.2) is 0 Å². The Balaban J connectivity index is 2.02. The van der Waals surface area contributed by atoms with E-state index < -0.39 is 37.3 Å². The Morgan fingerprint density at radius 1 is 1.05 bits per heavy atom. The van der Waals surface area contributed by atoms with Gasteiger partial charge in [-0.3, -0.25) is 0 Å². The summed E-state index contributed by atoms with van der Waals surface area (Å²) in [7, 11) is 0. The predicted molar refractivity (Wildman–Crippen MR) is 79.4 cm³/mol. The summed E-state index contributed by atoms with van der Waals surface area (Å²) in [5.41, 5.74) is 1.18. The number of hydrogen-bond acceptors (Lipinski definition) is 6. The maximum atomic E-state index is 9.91. The van der Waals surface area contributed by atoms with Gasteiger partial charge in [0.2, 0.25) is 6.29 Å². The molecule has 5 atom stereocenters. The minimum absolute atomic E-state index is 0.474. The van der Waals surface area contributed by atoms with Crippen molar-refractivity contribution < 1.29 is 29.9 Å². The van der Waals surface area contributed by atoms with Crippen molar-refractivity contribution >= 4 is 0 Å². The van der Waals surface area contributed by atoms with Crippen molar-refractivity contribution in [3.8, 4) is 5.75 Å². The van der Waals surface area contributed by atoms with Crippen molar-refractivity contribution in [2.75, 3.05) is 6.61 Å². The fourth-order valence-electron chi connectivity index (χ4n) is 2.47. The Hall–Kier alpha value is -1.18. The molecule has 1 aromatic rings. The third-order valence-corrected chi connectivity index (χ3v) is 3.67. The highest BCUT2D eigenvalue weighted by atomic mass is 16.7. The van der Waals surface area contributed by atoms with Crippen LogP contribution in [0.15, 0.2) is 24.3 Å². The molecular weight excluding hydrogens is 288 g/mol. The maximum absolute atomic E-state index is 9.91. The number of aliphatic hydroxyl groups excluding tert-OH is 4. The first-order chi connectivity index (χ1) is 10.4. The van der Waals surface area contributed by atoms with Gasteiger partial charge in [-0.1, -0.05) is 26.0 Å². The fraction of sp³-hybridized carbons (Fsp3) is 0.625. The second-order valence-corrected chi connectivity index (χ2v) is 6.06. The molecule has 0 radical (unpaired) electrons. The molecule has 4 N–H and O–H groups in total. The first kappa shape index (κ1) is 17.2. The monoisotopic (exact) mass is 312 g/mol. The number of rotatable bonds is 5. The Kier molecular flexibility index (Phi) is 5.77. The zero-order valence-electron chi connectivity index (χ0n) is 12.8. The summed E-state index contributed by atoms with van der Waals surface area (Å²) in [5.74, 6) is 1.04. The normalized spacial score (nSPS) is 32.2. The highest BCUT2D eigenvalue weighted by Crippen LogP contribution is 2.24. The summed E-state index contributed by atoms with van der Waals surface area (Å²) in [5, 5.41) is 38.5. The lowest BCUT2D eigenvalue weighted by Gasteiger charge is -2.39. The van der Waals surface area contributed by atoms with Crippen LogP contribution < -0.4 is 4.74 Å². The summed E-state index contributed by atoms with van der Waals surface area (Å²) in [6.07, 6.45) is -5.37. The average Bonchev–Trinajstić information content (AvgIpc) is 2.49. The van der Waals surface area contributed by atoms with Gasteiger partial charge in [-0.15, -0.1) is 0 Å². The van der Waals surface area contributed by atoms with E-state index in [1.54, 1.807) is 12.1 Å². The first-order valence-electron chi connectivity index (χ1n) is 7.48. The van der Waals surface area contributed by atoms with Gasteiger partial charge < -0.3 is 29.9 Å². The smallest absolute Gasteiger partial charge is 0.229 e. The molecule has 1 fully saturated rings. The lowest BCUT2D eigenvalue weighted by Crippen LogP contribution is -2.60. The van der Waals surface area contributed by atoms with Gasteiger partial charge in [-0.25, -0.2) is 0 Å².